The minimum absolute atomic E-state index is 0.0597. The van der Waals surface area contributed by atoms with Crippen LogP contribution >= 0.6 is 23.2 Å². The summed E-state index contributed by atoms with van der Waals surface area (Å²) >= 11 is 12.0. The fourth-order valence-corrected chi connectivity index (χ4v) is 2.97. The lowest BCUT2D eigenvalue weighted by molar-refractivity contribution is 0.0473. The first-order chi connectivity index (χ1) is 12.9. The minimum atomic E-state index is -0.886. The Hall–Kier alpha value is -2.70. The largest absolute Gasteiger partial charge is 0.454 e. The van der Waals surface area contributed by atoms with Gasteiger partial charge in [-0.25, -0.2) is 9.18 Å². The van der Waals surface area contributed by atoms with Gasteiger partial charge >= 0.3 is 5.97 Å². The molecule has 8 heteroatoms. The second kappa shape index (κ2) is 7.90. The second-order valence-electron chi connectivity index (χ2n) is 5.54. The van der Waals surface area contributed by atoms with Crippen LogP contribution in [0.15, 0.2) is 47.0 Å². The number of Topliss-reactive ketones (excluding diaryl/α,β-unsaturated/α-hetero) is 1. The molecular formula is C19H12Cl2FNO4. The zero-order chi connectivity index (χ0) is 19.6. The molecule has 0 aliphatic heterocycles. The molecule has 0 N–H and O–H groups in total. The van der Waals surface area contributed by atoms with Crippen molar-refractivity contribution in [1.82, 2.24) is 5.16 Å². The maximum atomic E-state index is 14.2. The van der Waals surface area contributed by atoms with E-state index in [1.165, 1.54) is 31.2 Å². The Morgan fingerprint density at radius 1 is 1.11 bits per heavy atom. The number of halogens is 3. The summed E-state index contributed by atoms with van der Waals surface area (Å²) in [6.07, 6.45) is 0. The number of ether oxygens (including phenoxy) is 1. The Labute approximate surface area is 163 Å². The highest BCUT2D eigenvalue weighted by Crippen LogP contribution is 2.33. The molecule has 0 aliphatic carbocycles. The van der Waals surface area contributed by atoms with Crippen LogP contribution in [0.4, 0.5) is 4.39 Å². The van der Waals surface area contributed by atoms with Crippen molar-refractivity contribution in [3.05, 3.63) is 75.2 Å². The summed E-state index contributed by atoms with van der Waals surface area (Å²) in [6, 6.07) is 10.5. The van der Waals surface area contributed by atoms with Crippen molar-refractivity contribution in [3.63, 3.8) is 0 Å². The monoisotopic (exact) mass is 407 g/mol. The molecule has 3 rings (SSSR count). The molecule has 1 heterocycles. The van der Waals surface area contributed by atoms with Crippen LogP contribution in [-0.2, 0) is 4.74 Å². The standard InChI is InChI=1S/C19H12Cl2FNO4/c1-10-16(18(23-27-10)17-13(21)7-4-8-14(17)22)19(25)26-9-15(24)11-5-2-3-6-12(11)20/h2-8H,9H2,1H3. The molecule has 138 valence electrons. The van der Waals surface area contributed by atoms with Gasteiger partial charge in [-0.2, -0.15) is 0 Å². The van der Waals surface area contributed by atoms with Crippen LogP contribution in [-0.4, -0.2) is 23.5 Å². The fourth-order valence-electron chi connectivity index (χ4n) is 2.48. The maximum Gasteiger partial charge on any atom is 0.344 e. The number of aromatic nitrogens is 1. The number of hydrogen-bond acceptors (Lipinski definition) is 5. The smallest absolute Gasteiger partial charge is 0.344 e. The third-order valence-electron chi connectivity index (χ3n) is 3.78. The Bertz CT molecular complexity index is 1010. The van der Waals surface area contributed by atoms with Gasteiger partial charge in [0, 0.05) is 5.56 Å². The van der Waals surface area contributed by atoms with E-state index in [9.17, 15) is 14.0 Å². The molecule has 3 aromatic rings. The predicted octanol–water partition coefficient (Wildman–Crippen LogP) is 5.14. The number of ketones is 1. The Kier molecular flexibility index (Phi) is 5.58. The van der Waals surface area contributed by atoms with Gasteiger partial charge in [0.15, 0.2) is 6.61 Å². The van der Waals surface area contributed by atoms with E-state index in [0.29, 0.717) is 0 Å². The van der Waals surface area contributed by atoms with E-state index < -0.39 is 24.2 Å². The predicted molar refractivity (Wildman–Crippen MR) is 97.7 cm³/mol. The quantitative estimate of drug-likeness (QED) is 0.432. The number of rotatable bonds is 5. The highest BCUT2D eigenvalue weighted by Gasteiger charge is 2.27. The molecular weight excluding hydrogens is 396 g/mol. The number of aryl methyl sites for hydroxylation is 1. The van der Waals surface area contributed by atoms with Crippen LogP contribution in [0, 0.1) is 12.7 Å². The van der Waals surface area contributed by atoms with Crippen molar-refractivity contribution in [3.8, 4) is 11.3 Å². The Morgan fingerprint density at radius 3 is 2.52 bits per heavy atom. The fraction of sp³-hybridized carbons (Fsp3) is 0.105. The van der Waals surface area contributed by atoms with E-state index in [4.69, 9.17) is 32.5 Å². The van der Waals surface area contributed by atoms with E-state index in [1.54, 1.807) is 18.2 Å². The van der Waals surface area contributed by atoms with Gasteiger partial charge in [-0.3, -0.25) is 4.79 Å². The van der Waals surface area contributed by atoms with Gasteiger partial charge in [-0.05, 0) is 31.2 Å². The molecule has 0 unspecified atom stereocenters. The third-order valence-corrected chi connectivity index (χ3v) is 4.42. The van der Waals surface area contributed by atoms with E-state index in [2.05, 4.69) is 5.16 Å². The summed E-state index contributed by atoms with van der Waals surface area (Å²) in [5.74, 6) is -1.92. The van der Waals surface area contributed by atoms with Gasteiger partial charge in [-0.1, -0.05) is 46.6 Å². The average Bonchev–Trinajstić information content (AvgIpc) is 3.01. The molecule has 1 aromatic heterocycles. The van der Waals surface area contributed by atoms with Gasteiger partial charge in [0.05, 0.1) is 15.6 Å². The number of benzene rings is 2. The molecule has 2 aromatic carbocycles. The molecule has 0 saturated heterocycles. The summed E-state index contributed by atoms with van der Waals surface area (Å²) in [5.41, 5.74) is -0.0495. The number of carbonyl (C=O) groups is 2. The number of nitrogens with zero attached hydrogens (tertiary/aromatic N) is 1. The molecule has 0 radical (unpaired) electrons. The van der Waals surface area contributed by atoms with Crippen LogP contribution < -0.4 is 0 Å². The summed E-state index contributed by atoms with van der Waals surface area (Å²) in [7, 11) is 0. The molecule has 0 atom stereocenters. The summed E-state index contributed by atoms with van der Waals surface area (Å²) in [6.45, 7) is 0.926. The lowest BCUT2D eigenvalue weighted by Gasteiger charge is -2.07. The van der Waals surface area contributed by atoms with E-state index in [0.717, 1.165) is 0 Å². The molecule has 0 amide bonds. The first-order valence-electron chi connectivity index (χ1n) is 7.75. The Morgan fingerprint density at radius 2 is 1.81 bits per heavy atom. The number of esters is 1. The first kappa shape index (κ1) is 19.1. The maximum absolute atomic E-state index is 14.2. The van der Waals surface area contributed by atoms with Gasteiger partial charge in [0.1, 0.15) is 22.8 Å². The average molecular weight is 408 g/mol. The second-order valence-corrected chi connectivity index (χ2v) is 6.35. The summed E-state index contributed by atoms with van der Waals surface area (Å²) in [4.78, 5) is 24.7. The number of hydrogen-bond donors (Lipinski definition) is 0. The molecule has 0 saturated carbocycles. The third kappa shape index (κ3) is 3.86. The van der Waals surface area contributed by atoms with Crippen molar-refractivity contribution < 1.29 is 23.2 Å². The van der Waals surface area contributed by atoms with Crippen molar-refractivity contribution >= 4 is 35.0 Å². The highest BCUT2D eigenvalue weighted by molar-refractivity contribution is 6.34. The van der Waals surface area contributed by atoms with Gasteiger partial charge < -0.3 is 9.26 Å². The van der Waals surface area contributed by atoms with Crippen LogP contribution in [0.25, 0.3) is 11.3 Å². The van der Waals surface area contributed by atoms with E-state index in [-0.39, 0.29) is 38.2 Å². The molecule has 0 fully saturated rings. The van der Waals surface area contributed by atoms with Crippen LogP contribution in [0.3, 0.4) is 0 Å². The zero-order valence-electron chi connectivity index (χ0n) is 14.0. The van der Waals surface area contributed by atoms with Crippen molar-refractivity contribution in [2.75, 3.05) is 6.61 Å². The van der Waals surface area contributed by atoms with Crippen molar-refractivity contribution in [1.29, 1.82) is 0 Å². The van der Waals surface area contributed by atoms with Crippen LogP contribution in [0.5, 0.6) is 0 Å². The molecule has 27 heavy (non-hydrogen) atoms. The first-order valence-corrected chi connectivity index (χ1v) is 8.51. The van der Waals surface area contributed by atoms with Crippen molar-refractivity contribution in [2.24, 2.45) is 0 Å². The minimum Gasteiger partial charge on any atom is -0.454 e. The zero-order valence-corrected chi connectivity index (χ0v) is 15.5. The van der Waals surface area contributed by atoms with Crippen LogP contribution in [0.2, 0.25) is 10.0 Å². The molecule has 0 spiro atoms. The van der Waals surface area contributed by atoms with Gasteiger partial charge in [0.2, 0.25) is 5.78 Å². The SMILES string of the molecule is Cc1onc(-c2c(F)cccc2Cl)c1C(=O)OCC(=O)c1ccccc1Cl. The number of carbonyl (C=O) groups excluding carboxylic acids is 2. The van der Waals surface area contributed by atoms with E-state index >= 15 is 0 Å². The lowest BCUT2D eigenvalue weighted by Crippen LogP contribution is -2.15. The van der Waals surface area contributed by atoms with Gasteiger partial charge in [0.25, 0.3) is 0 Å². The highest BCUT2D eigenvalue weighted by atomic mass is 35.5. The molecule has 0 bridgehead atoms. The normalized spacial score (nSPS) is 10.7. The van der Waals surface area contributed by atoms with Gasteiger partial charge in [-0.15, -0.1) is 0 Å². The molecule has 0 aliphatic rings. The van der Waals surface area contributed by atoms with Crippen LogP contribution in [0.1, 0.15) is 26.5 Å². The Balaban J connectivity index is 1.85. The molecule has 5 nitrogen and oxygen atoms in total. The van der Waals surface area contributed by atoms with Crippen molar-refractivity contribution in [2.45, 2.75) is 6.92 Å². The summed E-state index contributed by atoms with van der Waals surface area (Å²) in [5, 5.41) is 4.03. The lowest BCUT2D eigenvalue weighted by atomic mass is 10.1. The summed E-state index contributed by atoms with van der Waals surface area (Å²) < 4.78 is 24.3. The van der Waals surface area contributed by atoms with E-state index in [1.807, 2.05) is 0 Å². The topological polar surface area (TPSA) is 69.4 Å².